The van der Waals surface area contributed by atoms with E-state index in [0.717, 1.165) is 29.5 Å². The second kappa shape index (κ2) is 6.24. The van der Waals surface area contributed by atoms with Crippen molar-refractivity contribution < 1.29 is 14.6 Å². The maximum absolute atomic E-state index is 10.9. The van der Waals surface area contributed by atoms with Gasteiger partial charge >= 0.3 is 6.16 Å². The van der Waals surface area contributed by atoms with Crippen LogP contribution in [0.15, 0.2) is 42.5 Å². The summed E-state index contributed by atoms with van der Waals surface area (Å²) >= 11 is 0. The maximum atomic E-state index is 10.9. The molecule has 104 valence electrons. The molecule has 1 N–H and O–H groups in total. The van der Waals surface area contributed by atoms with Gasteiger partial charge in [0.1, 0.15) is 5.75 Å². The van der Waals surface area contributed by atoms with Crippen LogP contribution in [0.1, 0.15) is 25.0 Å². The molecule has 0 spiro atoms. The molecule has 0 aliphatic rings. The third-order valence-electron chi connectivity index (χ3n) is 3.36. The molecular weight excluding hydrogens is 252 g/mol. The maximum Gasteiger partial charge on any atom is 0.511 e. The lowest BCUT2D eigenvalue weighted by molar-refractivity contribution is 0.144. The molecule has 0 unspecified atom stereocenters. The molecule has 0 atom stereocenters. The molecule has 0 fully saturated rings. The van der Waals surface area contributed by atoms with Crippen molar-refractivity contribution in [2.75, 3.05) is 0 Å². The van der Waals surface area contributed by atoms with Crippen molar-refractivity contribution in [3.63, 3.8) is 0 Å². The van der Waals surface area contributed by atoms with Gasteiger partial charge in [0, 0.05) is 5.56 Å². The van der Waals surface area contributed by atoms with Crippen molar-refractivity contribution >= 4 is 6.16 Å². The predicted octanol–water partition coefficient (Wildman–Crippen LogP) is 4.54. The van der Waals surface area contributed by atoms with Gasteiger partial charge in [0.05, 0.1) is 0 Å². The Morgan fingerprint density at radius 1 is 1.00 bits per heavy atom. The molecule has 2 aromatic rings. The van der Waals surface area contributed by atoms with E-state index in [1.54, 1.807) is 6.07 Å². The van der Waals surface area contributed by atoms with Crippen molar-refractivity contribution in [2.45, 2.75) is 26.7 Å². The minimum Gasteiger partial charge on any atom is -0.449 e. The predicted molar refractivity (Wildman–Crippen MR) is 79.3 cm³/mol. The van der Waals surface area contributed by atoms with Crippen LogP contribution in [-0.4, -0.2) is 11.3 Å². The molecule has 0 saturated carbocycles. The number of rotatable bonds is 4. The Kier molecular flexibility index (Phi) is 4.41. The average Bonchev–Trinajstić information content (AvgIpc) is 2.46. The van der Waals surface area contributed by atoms with Gasteiger partial charge in [0.2, 0.25) is 0 Å². The molecule has 0 aromatic heterocycles. The normalized spacial score (nSPS) is 10.3. The molecule has 2 rings (SSSR count). The third-order valence-corrected chi connectivity index (χ3v) is 3.36. The lowest BCUT2D eigenvalue weighted by Crippen LogP contribution is -2.05. The molecule has 0 heterocycles. The van der Waals surface area contributed by atoms with Crippen LogP contribution in [0, 0.1) is 0 Å². The van der Waals surface area contributed by atoms with Gasteiger partial charge in [-0.3, -0.25) is 0 Å². The zero-order valence-electron chi connectivity index (χ0n) is 11.7. The monoisotopic (exact) mass is 270 g/mol. The quantitative estimate of drug-likeness (QED) is 0.655. The topological polar surface area (TPSA) is 46.5 Å². The van der Waals surface area contributed by atoms with Gasteiger partial charge in [0.25, 0.3) is 0 Å². The number of carbonyl (C=O) groups is 1. The Balaban J connectivity index is 2.66. The van der Waals surface area contributed by atoms with E-state index in [9.17, 15) is 4.79 Å². The van der Waals surface area contributed by atoms with E-state index < -0.39 is 6.16 Å². The number of hydrogen-bond acceptors (Lipinski definition) is 2. The molecule has 20 heavy (non-hydrogen) atoms. The van der Waals surface area contributed by atoms with E-state index in [4.69, 9.17) is 9.84 Å². The van der Waals surface area contributed by atoms with E-state index in [1.807, 2.05) is 30.3 Å². The number of hydrogen-bond donors (Lipinski definition) is 1. The van der Waals surface area contributed by atoms with Crippen molar-refractivity contribution in [3.05, 3.63) is 53.6 Å². The van der Waals surface area contributed by atoms with Crippen LogP contribution in [0.4, 0.5) is 4.79 Å². The Morgan fingerprint density at radius 3 is 2.30 bits per heavy atom. The summed E-state index contributed by atoms with van der Waals surface area (Å²) in [6.45, 7) is 4.14. The SMILES string of the molecule is CCc1ccccc1-c1c(CC)cccc1OC(=O)O. The largest absolute Gasteiger partial charge is 0.511 e. The van der Waals surface area contributed by atoms with Gasteiger partial charge < -0.3 is 9.84 Å². The van der Waals surface area contributed by atoms with Gasteiger partial charge in [-0.1, -0.05) is 50.2 Å². The van der Waals surface area contributed by atoms with Crippen molar-refractivity contribution in [1.29, 1.82) is 0 Å². The first kappa shape index (κ1) is 14.1. The van der Waals surface area contributed by atoms with Gasteiger partial charge in [-0.2, -0.15) is 0 Å². The first-order valence-electron chi connectivity index (χ1n) is 6.78. The number of benzene rings is 2. The lowest BCUT2D eigenvalue weighted by atomic mass is 9.92. The summed E-state index contributed by atoms with van der Waals surface area (Å²) in [6.07, 6.45) is 0.429. The van der Waals surface area contributed by atoms with Crippen molar-refractivity contribution in [1.82, 2.24) is 0 Å². The Hall–Kier alpha value is -2.29. The fourth-order valence-electron chi connectivity index (χ4n) is 2.43. The highest BCUT2D eigenvalue weighted by molar-refractivity contribution is 5.79. The molecule has 3 nitrogen and oxygen atoms in total. The first-order chi connectivity index (χ1) is 9.67. The van der Waals surface area contributed by atoms with Crippen LogP contribution in [0.2, 0.25) is 0 Å². The van der Waals surface area contributed by atoms with Crippen LogP contribution >= 0.6 is 0 Å². The van der Waals surface area contributed by atoms with E-state index in [1.165, 1.54) is 5.56 Å². The van der Waals surface area contributed by atoms with Crippen LogP contribution in [0.3, 0.4) is 0 Å². The fourth-order valence-corrected chi connectivity index (χ4v) is 2.43. The molecule has 0 radical (unpaired) electrons. The highest BCUT2D eigenvalue weighted by Gasteiger charge is 2.15. The minimum absolute atomic E-state index is 0.401. The van der Waals surface area contributed by atoms with Gasteiger partial charge in [-0.15, -0.1) is 0 Å². The third kappa shape index (κ3) is 2.82. The van der Waals surface area contributed by atoms with Crippen molar-refractivity contribution in [3.8, 4) is 16.9 Å². The molecule has 0 bridgehead atoms. The summed E-state index contributed by atoms with van der Waals surface area (Å²) in [5, 5.41) is 8.91. The summed E-state index contributed by atoms with van der Waals surface area (Å²) in [7, 11) is 0. The minimum atomic E-state index is -1.28. The number of aryl methyl sites for hydroxylation is 2. The summed E-state index contributed by atoms with van der Waals surface area (Å²) < 4.78 is 4.96. The highest BCUT2D eigenvalue weighted by atomic mass is 16.7. The van der Waals surface area contributed by atoms with Gasteiger partial charge in [-0.25, -0.2) is 4.79 Å². The van der Waals surface area contributed by atoms with E-state index in [-0.39, 0.29) is 0 Å². The number of ether oxygens (including phenoxy) is 1. The zero-order chi connectivity index (χ0) is 14.5. The standard InChI is InChI=1S/C17H18O3/c1-3-12-8-5-6-10-14(12)16-13(4-2)9-7-11-15(16)20-17(18)19/h5-11H,3-4H2,1-2H3,(H,18,19). The Morgan fingerprint density at radius 2 is 1.65 bits per heavy atom. The molecule has 0 aliphatic heterocycles. The molecule has 3 heteroatoms. The summed E-state index contributed by atoms with van der Waals surface area (Å²) in [6, 6.07) is 13.6. The van der Waals surface area contributed by atoms with Gasteiger partial charge in [-0.05, 0) is 35.6 Å². The molecule has 0 amide bonds. The van der Waals surface area contributed by atoms with Crippen LogP contribution in [0.25, 0.3) is 11.1 Å². The Labute approximate surface area is 118 Å². The van der Waals surface area contributed by atoms with E-state index in [0.29, 0.717) is 5.75 Å². The Bertz CT molecular complexity index is 617. The van der Waals surface area contributed by atoms with E-state index >= 15 is 0 Å². The second-order valence-corrected chi connectivity index (χ2v) is 4.52. The highest BCUT2D eigenvalue weighted by Crippen LogP contribution is 2.36. The molecule has 0 aliphatic carbocycles. The molecular formula is C17H18O3. The van der Waals surface area contributed by atoms with Crippen LogP contribution in [0.5, 0.6) is 5.75 Å². The first-order valence-corrected chi connectivity index (χ1v) is 6.78. The zero-order valence-corrected chi connectivity index (χ0v) is 11.7. The smallest absolute Gasteiger partial charge is 0.449 e. The average molecular weight is 270 g/mol. The van der Waals surface area contributed by atoms with Crippen LogP contribution in [-0.2, 0) is 12.8 Å². The number of carboxylic acid groups (broad SMARTS) is 1. The summed E-state index contributed by atoms with van der Waals surface area (Å²) in [4.78, 5) is 10.9. The molecule has 0 saturated heterocycles. The van der Waals surface area contributed by atoms with Gasteiger partial charge in [0.15, 0.2) is 0 Å². The second-order valence-electron chi connectivity index (χ2n) is 4.52. The summed E-state index contributed by atoms with van der Waals surface area (Å²) in [5.41, 5.74) is 4.20. The van der Waals surface area contributed by atoms with Crippen molar-refractivity contribution in [2.24, 2.45) is 0 Å². The lowest BCUT2D eigenvalue weighted by Gasteiger charge is -2.15. The van der Waals surface area contributed by atoms with E-state index in [2.05, 4.69) is 19.9 Å². The fraction of sp³-hybridized carbons (Fsp3) is 0.235. The van der Waals surface area contributed by atoms with Crippen LogP contribution < -0.4 is 4.74 Å². The summed E-state index contributed by atoms with van der Waals surface area (Å²) in [5.74, 6) is 0.401. The molecule has 2 aromatic carbocycles.